The third-order valence-electron chi connectivity index (χ3n) is 4.39. The second-order valence-corrected chi connectivity index (χ2v) is 6.22. The summed E-state index contributed by atoms with van der Waals surface area (Å²) in [5, 5.41) is 13.8. The molecule has 2 nitrogen and oxygen atoms in total. The summed E-state index contributed by atoms with van der Waals surface area (Å²) < 4.78 is 0. The number of aryl methyl sites for hydroxylation is 2. The quantitative estimate of drug-likeness (QED) is 0.433. The zero-order valence-electron chi connectivity index (χ0n) is 13.7. The summed E-state index contributed by atoms with van der Waals surface area (Å²) in [6, 6.07) is 20.9. The Balaban J connectivity index is 2.21. The lowest BCUT2D eigenvalue weighted by Crippen LogP contribution is -1.91. The number of rotatable bonds is 1. The molecule has 0 saturated heterocycles. The number of nitrogens with zero attached hydrogens (tertiary/aromatic N) is 2. The molecule has 0 saturated carbocycles. The maximum atomic E-state index is 9.57. The van der Waals surface area contributed by atoms with Crippen LogP contribution in [-0.2, 0) is 0 Å². The van der Waals surface area contributed by atoms with Crippen LogP contribution >= 0.6 is 0 Å². The molecule has 2 heteroatoms. The van der Waals surface area contributed by atoms with Crippen LogP contribution in [0.2, 0.25) is 0 Å². The maximum Gasteiger partial charge on any atom is 0.0998 e. The Hall–Kier alpha value is -3.18. The van der Waals surface area contributed by atoms with E-state index in [9.17, 15) is 5.26 Å². The minimum absolute atomic E-state index is 0.691. The van der Waals surface area contributed by atoms with Crippen molar-refractivity contribution < 1.29 is 0 Å². The fourth-order valence-electron chi connectivity index (χ4n) is 3.47. The van der Waals surface area contributed by atoms with Gasteiger partial charge in [-0.2, -0.15) is 5.26 Å². The zero-order valence-corrected chi connectivity index (χ0v) is 13.7. The van der Waals surface area contributed by atoms with Gasteiger partial charge >= 0.3 is 0 Å². The molecule has 4 aromatic rings. The summed E-state index contributed by atoms with van der Waals surface area (Å²) in [5.74, 6) is 0. The molecule has 0 bridgehead atoms. The van der Waals surface area contributed by atoms with E-state index in [1.54, 1.807) is 6.20 Å². The highest BCUT2D eigenvalue weighted by Gasteiger charge is 2.13. The van der Waals surface area contributed by atoms with Crippen molar-refractivity contribution in [2.75, 3.05) is 0 Å². The van der Waals surface area contributed by atoms with E-state index in [0.717, 1.165) is 32.8 Å². The van der Waals surface area contributed by atoms with Crippen LogP contribution in [0.15, 0.2) is 60.8 Å². The average molecular weight is 308 g/mol. The first-order valence-corrected chi connectivity index (χ1v) is 7.96. The van der Waals surface area contributed by atoms with Crippen LogP contribution in [-0.4, -0.2) is 4.98 Å². The molecule has 0 spiro atoms. The van der Waals surface area contributed by atoms with Crippen LogP contribution in [0.5, 0.6) is 0 Å². The Morgan fingerprint density at radius 2 is 1.62 bits per heavy atom. The molecule has 4 rings (SSSR count). The number of pyridine rings is 1. The van der Waals surface area contributed by atoms with Gasteiger partial charge in [0.25, 0.3) is 0 Å². The fraction of sp³-hybridized carbons (Fsp3) is 0.0909. The highest BCUT2D eigenvalue weighted by atomic mass is 14.7. The lowest BCUT2D eigenvalue weighted by molar-refractivity contribution is 1.33. The standard InChI is InChI=1S/C22H16N2/c1-14-9-15(2)11-17(10-14)22-21-19-6-4-3-5-16(19)12-18(13-23)20(21)7-8-24-22/h3-12H,1-2H3. The van der Waals surface area contributed by atoms with E-state index < -0.39 is 0 Å². The molecule has 114 valence electrons. The number of benzene rings is 3. The van der Waals surface area contributed by atoms with Crippen molar-refractivity contribution in [3.8, 4) is 17.3 Å². The first kappa shape index (κ1) is 14.4. The van der Waals surface area contributed by atoms with E-state index in [1.807, 2.05) is 30.3 Å². The molecule has 0 N–H and O–H groups in total. The van der Waals surface area contributed by atoms with Crippen molar-refractivity contribution in [1.82, 2.24) is 4.98 Å². The smallest absolute Gasteiger partial charge is 0.0998 e. The molecule has 0 unspecified atom stereocenters. The molecular weight excluding hydrogens is 292 g/mol. The van der Waals surface area contributed by atoms with E-state index in [4.69, 9.17) is 0 Å². The van der Waals surface area contributed by atoms with Crippen LogP contribution in [0.4, 0.5) is 0 Å². The predicted molar refractivity (Wildman–Crippen MR) is 98.9 cm³/mol. The van der Waals surface area contributed by atoms with Crippen molar-refractivity contribution in [3.63, 3.8) is 0 Å². The first-order chi connectivity index (χ1) is 11.7. The molecule has 0 radical (unpaired) electrons. The summed E-state index contributed by atoms with van der Waals surface area (Å²) in [4.78, 5) is 4.68. The van der Waals surface area contributed by atoms with Crippen LogP contribution in [0.1, 0.15) is 16.7 Å². The molecule has 0 aliphatic heterocycles. The molecule has 1 heterocycles. The van der Waals surface area contributed by atoms with Gasteiger partial charge in [0.1, 0.15) is 0 Å². The topological polar surface area (TPSA) is 36.7 Å². The van der Waals surface area contributed by atoms with Gasteiger partial charge in [-0.25, -0.2) is 0 Å². The van der Waals surface area contributed by atoms with Crippen molar-refractivity contribution in [2.24, 2.45) is 0 Å². The Morgan fingerprint density at radius 1 is 0.875 bits per heavy atom. The lowest BCUT2D eigenvalue weighted by Gasteiger charge is -2.12. The Bertz CT molecular complexity index is 1110. The Kier molecular flexibility index (Phi) is 3.29. The number of fused-ring (bicyclic) bond motifs is 3. The molecular formula is C22H16N2. The van der Waals surface area contributed by atoms with E-state index in [0.29, 0.717) is 5.56 Å². The zero-order chi connectivity index (χ0) is 16.7. The first-order valence-electron chi connectivity index (χ1n) is 7.96. The maximum absolute atomic E-state index is 9.57. The van der Waals surface area contributed by atoms with Crippen molar-refractivity contribution >= 4 is 21.5 Å². The average Bonchev–Trinajstić information content (AvgIpc) is 2.59. The Morgan fingerprint density at radius 3 is 2.38 bits per heavy atom. The minimum Gasteiger partial charge on any atom is -0.256 e. The third-order valence-corrected chi connectivity index (χ3v) is 4.39. The van der Waals surface area contributed by atoms with Gasteiger partial charge in [0.05, 0.1) is 17.3 Å². The van der Waals surface area contributed by atoms with Gasteiger partial charge in [-0.3, -0.25) is 4.98 Å². The monoisotopic (exact) mass is 308 g/mol. The van der Waals surface area contributed by atoms with Gasteiger partial charge < -0.3 is 0 Å². The summed E-state index contributed by atoms with van der Waals surface area (Å²) in [5.41, 5.74) is 5.15. The molecule has 1 aromatic heterocycles. The highest BCUT2D eigenvalue weighted by Crippen LogP contribution is 2.35. The Labute approximate surface area is 141 Å². The highest BCUT2D eigenvalue weighted by molar-refractivity contribution is 6.15. The van der Waals surface area contributed by atoms with Crippen molar-refractivity contribution in [2.45, 2.75) is 13.8 Å². The molecule has 0 aliphatic carbocycles. The molecule has 0 atom stereocenters. The molecule has 3 aromatic carbocycles. The second-order valence-electron chi connectivity index (χ2n) is 6.22. The van der Waals surface area contributed by atoms with Gasteiger partial charge in [-0.05, 0) is 48.9 Å². The summed E-state index contributed by atoms with van der Waals surface area (Å²) in [6.45, 7) is 4.20. The summed E-state index contributed by atoms with van der Waals surface area (Å²) in [7, 11) is 0. The van der Waals surface area contributed by atoms with E-state index >= 15 is 0 Å². The van der Waals surface area contributed by atoms with Gasteiger partial charge in [-0.1, -0.05) is 41.5 Å². The van der Waals surface area contributed by atoms with Gasteiger partial charge in [-0.15, -0.1) is 0 Å². The van der Waals surface area contributed by atoms with E-state index in [2.05, 4.69) is 49.2 Å². The summed E-state index contributed by atoms with van der Waals surface area (Å²) in [6.07, 6.45) is 1.80. The summed E-state index contributed by atoms with van der Waals surface area (Å²) >= 11 is 0. The van der Waals surface area contributed by atoms with Crippen molar-refractivity contribution in [3.05, 3.63) is 77.5 Å². The number of aromatic nitrogens is 1. The number of nitriles is 1. The molecule has 0 fully saturated rings. The van der Waals surface area contributed by atoms with Crippen LogP contribution in [0.3, 0.4) is 0 Å². The van der Waals surface area contributed by atoms with Crippen LogP contribution in [0.25, 0.3) is 32.8 Å². The normalized spacial score (nSPS) is 10.9. The molecule has 0 amide bonds. The largest absolute Gasteiger partial charge is 0.256 e. The van der Waals surface area contributed by atoms with Gasteiger partial charge in [0.2, 0.25) is 0 Å². The number of hydrogen-bond acceptors (Lipinski definition) is 2. The lowest BCUT2D eigenvalue weighted by atomic mass is 9.94. The van der Waals surface area contributed by atoms with E-state index in [-0.39, 0.29) is 0 Å². The van der Waals surface area contributed by atoms with Gasteiger partial charge in [0, 0.05) is 22.5 Å². The second kappa shape index (κ2) is 5.47. The number of hydrogen-bond donors (Lipinski definition) is 0. The fourth-order valence-corrected chi connectivity index (χ4v) is 3.47. The van der Waals surface area contributed by atoms with Crippen LogP contribution in [0, 0.1) is 25.2 Å². The van der Waals surface area contributed by atoms with Crippen LogP contribution < -0.4 is 0 Å². The van der Waals surface area contributed by atoms with Crippen molar-refractivity contribution in [1.29, 1.82) is 5.26 Å². The minimum atomic E-state index is 0.691. The van der Waals surface area contributed by atoms with Gasteiger partial charge in [0.15, 0.2) is 0 Å². The SMILES string of the molecule is Cc1cc(C)cc(-c2nccc3c(C#N)cc4ccccc4c23)c1. The van der Waals surface area contributed by atoms with E-state index in [1.165, 1.54) is 11.1 Å². The molecule has 24 heavy (non-hydrogen) atoms. The molecule has 0 aliphatic rings. The predicted octanol–water partition coefficient (Wildman–Crippen LogP) is 5.54. The third kappa shape index (κ3) is 2.23.